The Kier molecular flexibility index (Phi) is 3.66. The number of pyridine rings is 1. The zero-order chi connectivity index (χ0) is 12.6. The first kappa shape index (κ1) is 12.7. The molecule has 4 nitrogen and oxygen atoms in total. The maximum absolute atomic E-state index is 11.1. The first-order valence-corrected chi connectivity index (χ1v) is 6.18. The Bertz CT molecular complexity index is 466. The van der Waals surface area contributed by atoms with Gasteiger partial charge in [0, 0.05) is 13.1 Å². The molecule has 7 heteroatoms. The van der Waals surface area contributed by atoms with Crippen LogP contribution in [0.15, 0.2) is 6.07 Å². The quantitative estimate of drug-likeness (QED) is 0.852. The highest BCUT2D eigenvalue weighted by molar-refractivity contribution is 6.42. The lowest BCUT2D eigenvalue weighted by molar-refractivity contribution is -0.121. The molecular weight excluding hydrogens is 284 g/mol. The first-order valence-electron chi connectivity index (χ1n) is 5.05. The van der Waals surface area contributed by atoms with Crippen LogP contribution in [0.4, 0.5) is 5.82 Å². The SMILES string of the molecule is NC(=O)C1CCN(c2nc(Cl)c(Cl)cc2Cl)C1. The van der Waals surface area contributed by atoms with E-state index in [-0.39, 0.29) is 17.0 Å². The van der Waals surface area contributed by atoms with Crippen molar-refractivity contribution in [3.63, 3.8) is 0 Å². The molecule has 0 bridgehead atoms. The van der Waals surface area contributed by atoms with Gasteiger partial charge in [0.1, 0.15) is 11.0 Å². The fourth-order valence-electron chi connectivity index (χ4n) is 1.84. The van der Waals surface area contributed by atoms with Crippen molar-refractivity contribution in [3.05, 3.63) is 21.3 Å². The van der Waals surface area contributed by atoms with Crippen LogP contribution in [0.2, 0.25) is 15.2 Å². The molecule has 1 aliphatic heterocycles. The molecule has 0 aromatic carbocycles. The van der Waals surface area contributed by atoms with E-state index in [0.717, 1.165) is 0 Å². The second-order valence-corrected chi connectivity index (χ2v) is 5.07. The number of halogens is 3. The molecule has 1 fully saturated rings. The molecule has 1 aromatic rings. The minimum atomic E-state index is -0.302. The Morgan fingerprint density at radius 3 is 2.71 bits per heavy atom. The standard InChI is InChI=1S/C10H10Cl3N3O/c11-6-3-7(12)10(15-8(6)13)16-2-1-5(4-16)9(14)17/h3,5H,1-2,4H2,(H2,14,17). The molecule has 1 aromatic heterocycles. The van der Waals surface area contributed by atoms with Gasteiger partial charge in [0.15, 0.2) is 0 Å². The Balaban J connectivity index is 2.24. The van der Waals surface area contributed by atoms with Crippen molar-refractivity contribution in [2.45, 2.75) is 6.42 Å². The third-order valence-corrected chi connectivity index (χ3v) is 3.71. The molecule has 0 spiro atoms. The predicted octanol–water partition coefficient (Wildman–Crippen LogP) is 2.35. The second kappa shape index (κ2) is 4.88. The summed E-state index contributed by atoms with van der Waals surface area (Å²) in [5.74, 6) is 0.0795. The van der Waals surface area contributed by atoms with E-state index >= 15 is 0 Å². The summed E-state index contributed by atoms with van der Waals surface area (Å²) in [6, 6.07) is 1.55. The third-order valence-electron chi connectivity index (χ3n) is 2.76. The van der Waals surface area contributed by atoms with Gasteiger partial charge in [-0.1, -0.05) is 34.8 Å². The van der Waals surface area contributed by atoms with Gasteiger partial charge in [0.25, 0.3) is 0 Å². The van der Waals surface area contributed by atoms with Crippen LogP contribution in [0.25, 0.3) is 0 Å². The van der Waals surface area contributed by atoms with Crippen molar-refractivity contribution in [1.82, 2.24) is 4.98 Å². The van der Waals surface area contributed by atoms with Crippen LogP contribution in [0.5, 0.6) is 0 Å². The number of amides is 1. The highest BCUT2D eigenvalue weighted by Crippen LogP contribution is 2.33. The normalized spacial score (nSPS) is 19.7. The lowest BCUT2D eigenvalue weighted by atomic mass is 10.1. The maximum Gasteiger partial charge on any atom is 0.222 e. The average Bonchev–Trinajstić information content (AvgIpc) is 2.72. The van der Waals surface area contributed by atoms with Gasteiger partial charge < -0.3 is 10.6 Å². The number of aromatic nitrogens is 1. The van der Waals surface area contributed by atoms with Crippen molar-refractivity contribution >= 4 is 46.5 Å². The molecular formula is C10H10Cl3N3O. The van der Waals surface area contributed by atoms with Crippen LogP contribution in [-0.2, 0) is 4.79 Å². The first-order chi connectivity index (χ1) is 7.99. The predicted molar refractivity (Wildman–Crippen MR) is 68.8 cm³/mol. The lowest BCUT2D eigenvalue weighted by Gasteiger charge is -2.18. The molecule has 2 N–H and O–H groups in total. The summed E-state index contributed by atoms with van der Waals surface area (Å²) in [6.07, 6.45) is 0.702. The van der Waals surface area contributed by atoms with Gasteiger partial charge in [0.05, 0.1) is 16.0 Å². The summed E-state index contributed by atoms with van der Waals surface area (Å²) in [6.45, 7) is 1.19. The van der Waals surface area contributed by atoms with Crippen molar-refractivity contribution in [2.24, 2.45) is 11.7 Å². The Hall–Kier alpha value is -0.710. The van der Waals surface area contributed by atoms with Gasteiger partial charge in [-0.3, -0.25) is 4.79 Å². The van der Waals surface area contributed by atoms with Gasteiger partial charge in [-0.05, 0) is 12.5 Å². The number of carbonyl (C=O) groups excluding carboxylic acids is 1. The smallest absolute Gasteiger partial charge is 0.222 e. The van der Waals surface area contributed by atoms with Crippen LogP contribution in [0, 0.1) is 5.92 Å². The summed E-state index contributed by atoms with van der Waals surface area (Å²) < 4.78 is 0. The van der Waals surface area contributed by atoms with Crippen LogP contribution < -0.4 is 10.6 Å². The molecule has 1 atom stereocenters. The molecule has 0 saturated carbocycles. The van der Waals surface area contributed by atoms with E-state index in [0.29, 0.717) is 35.4 Å². The zero-order valence-corrected chi connectivity index (χ0v) is 11.1. The minimum Gasteiger partial charge on any atom is -0.369 e. The second-order valence-electron chi connectivity index (χ2n) is 3.90. The lowest BCUT2D eigenvalue weighted by Crippen LogP contribution is -2.27. The van der Waals surface area contributed by atoms with Gasteiger partial charge in [-0.15, -0.1) is 0 Å². The minimum absolute atomic E-state index is 0.165. The molecule has 2 rings (SSSR count). The van der Waals surface area contributed by atoms with Crippen LogP contribution in [0.3, 0.4) is 0 Å². The van der Waals surface area contributed by atoms with Gasteiger partial charge in [0.2, 0.25) is 5.91 Å². The maximum atomic E-state index is 11.1. The monoisotopic (exact) mass is 293 g/mol. The van der Waals surface area contributed by atoms with Crippen molar-refractivity contribution in [3.8, 4) is 0 Å². The third kappa shape index (κ3) is 2.59. The number of primary amides is 1. The highest BCUT2D eigenvalue weighted by atomic mass is 35.5. The highest BCUT2D eigenvalue weighted by Gasteiger charge is 2.28. The van der Waals surface area contributed by atoms with E-state index in [1.165, 1.54) is 0 Å². The number of hydrogen-bond donors (Lipinski definition) is 1. The Morgan fingerprint density at radius 2 is 2.12 bits per heavy atom. The van der Waals surface area contributed by atoms with E-state index in [1.807, 2.05) is 4.90 Å². The molecule has 0 aliphatic carbocycles. The molecule has 1 aliphatic rings. The Morgan fingerprint density at radius 1 is 1.41 bits per heavy atom. The van der Waals surface area contributed by atoms with Crippen LogP contribution in [-0.4, -0.2) is 24.0 Å². The number of nitrogens with zero attached hydrogens (tertiary/aromatic N) is 2. The summed E-state index contributed by atoms with van der Waals surface area (Å²) in [5.41, 5.74) is 5.26. The van der Waals surface area contributed by atoms with E-state index < -0.39 is 0 Å². The molecule has 92 valence electrons. The van der Waals surface area contributed by atoms with Gasteiger partial charge in [-0.2, -0.15) is 0 Å². The molecule has 1 unspecified atom stereocenters. The largest absolute Gasteiger partial charge is 0.369 e. The molecule has 1 saturated heterocycles. The number of anilines is 1. The van der Waals surface area contributed by atoms with Gasteiger partial charge in [-0.25, -0.2) is 4.98 Å². The van der Waals surface area contributed by atoms with E-state index in [9.17, 15) is 4.79 Å². The van der Waals surface area contributed by atoms with Gasteiger partial charge >= 0.3 is 0 Å². The fourth-order valence-corrected chi connectivity index (χ4v) is 2.45. The van der Waals surface area contributed by atoms with Crippen molar-refractivity contribution in [2.75, 3.05) is 18.0 Å². The fraction of sp³-hybridized carbons (Fsp3) is 0.400. The number of nitrogens with two attached hydrogens (primary N) is 1. The van der Waals surface area contributed by atoms with Crippen molar-refractivity contribution < 1.29 is 4.79 Å². The summed E-state index contributed by atoms with van der Waals surface area (Å²) in [4.78, 5) is 17.1. The van der Waals surface area contributed by atoms with Crippen LogP contribution in [0.1, 0.15) is 6.42 Å². The summed E-state index contributed by atoms with van der Waals surface area (Å²) in [5, 5.41) is 0.934. The summed E-state index contributed by atoms with van der Waals surface area (Å²) >= 11 is 17.7. The van der Waals surface area contributed by atoms with E-state index in [2.05, 4.69) is 4.98 Å². The average molecular weight is 295 g/mol. The van der Waals surface area contributed by atoms with Crippen molar-refractivity contribution in [1.29, 1.82) is 0 Å². The molecule has 1 amide bonds. The topological polar surface area (TPSA) is 59.2 Å². The number of hydrogen-bond acceptors (Lipinski definition) is 3. The molecule has 17 heavy (non-hydrogen) atoms. The van der Waals surface area contributed by atoms with Crippen LogP contribution >= 0.6 is 34.8 Å². The number of carbonyl (C=O) groups is 1. The molecule has 2 heterocycles. The molecule has 0 radical (unpaired) electrons. The summed E-state index contributed by atoms with van der Waals surface area (Å²) in [7, 11) is 0. The van der Waals surface area contributed by atoms with E-state index in [4.69, 9.17) is 40.5 Å². The number of rotatable bonds is 2. The Labute approximate surface area is 114 Å². The zero-order valence-electron chi connectivity index (χ0n) is 8.79. The van der Waals surface area contributed by atoms with E-state index in [1.54, 1.807) is 6.07 Å².